The first-order valence-corrected chi connectivity index (χ1v) is 8.23. The van der Waals surface area contributed by atoms with Crippen molar-refractivity contribution in [3.8, 4) is 0 Å². The number of hydrogen-bond acceptors (Lipinski definition) is 3. The molecule has 0 aromatic heterocycles. The molecule has 0 radical (unpaired) electrons. The second kappa shape index (κ2) is 8.78. The van der Waals surface area contributed by atoms with Crippen LogP contribution in [0.5, 0.6) is 0 Å². The van der Waals surface area contributed by atoms with E-state index in [1.54, 1.807) is 18.2 Å². The van der Waals surface area contributed by atoms with Crippen LogP contribution in [0.3, 0.4) is 0 Å². The van der Waals surface area contributed by atoms with Gasteiger partial charge in [0, 0.05) is 18.2 Å². The van der Waals surface area contributed by atoms with Crippen LogP contribution in [0, 0.1) is 16.0 Å². The highest BCUT2D eigenvalue weighted by molar-refractivity contribution is 5.92. The molecule has 2 aromatic carbocycles. The van der Waals surface area contributed by atoms with Crippen molar-refractivity contribution in [1.29, 1.82) is 0 Å². The first kappa shape index (κ1) is 18.4. The Morgan fingerprint density at radius 3 is 2.32 bits per heavy atom. The summed E-state index contributed by atoms with van der Waals surface area (Å²) in [7, 11) is 0. The lowest BCUT2D eigenvalue weighted by atomic mass is 9.97. The predicted octanol–water partition coefficient (Wildman–Crippen LogP) is 4.51. The summed E-state index contributed by atoms with van der Waals surface area (Å²) in [5.41, 5.74) is 1.84. The Morgan fingerprint density at radius 2 is 1.76 bits per heavy atom. The summed E-state index contributed by atoms with van der Waals surface area (Å²) in [6, 6.07) is 15.9. The topological polar surface area (TPSA) is 72.2 Å². The SMILES string of the molecule is CC(C)C[C@H](NC(=O)/C=C/c1ccc([N+](=O)[O-])cc1)c1ccccc1. The van der Waals surface area contributed by atoms with Crippen molar-refractivity contribution in [2.45, 2.75) is 26.3 Å². The number of nitrogens with one attached hydrogen (secondary N) is 1. The van der Waals surface area contributed by atoms with Crippen LogP contribution < -0.4 is 5.32 Å². The van der Waals surface area contributed by atoms with Gasteiger partial charge in [0.1, 0.15) is 0 Å². The van der Waals surface area contributed by atoms with Crippen LogP contribution in [0.4, 0.5) is 5.69 Å². The van der Waals surface area contributed by atoms with Crippen molar-refractivity contribution in [3.05, 3.63) is 81.9 Å². The molecular formula is C20H22N2O3. The summed E-state index contributed by atoms with van der Waals surface area (Å²) in [5.74, 6) is 0.261. The van der Waals surface area contributed by atoms with Gasteiger partial charge in [-0.1, -0.05) is 44.2 Å². The Bertz CT molecular complexity index is 737. The van der Waals surface area contributed by atoms with Crippen molar-refractivity contribution in [3.63, 3.8) is 0 Å². The molecule has 0 heterocycles. The quantitative estimate of drug-likeness (QED) is 0.458. The van der Waals surface area contributed by atoms with Crippen molar-refractivity contribution < 1.29 is 9.72 Å². The third kappa shape index (κ3) is 5.88. The summed E-state index contributed by atoms with van der Waals surface area (Å²) in [6.45, 7) is 4.24. The highest BCUT2D eigenvalue weighted by Gasteiger charge is 2.14. The van der Waals surface area contributed by atoms with E-state index in [2.05, 4.69) is 19.2 Å². The van der Waals surface area contributed by atoms with Gasteiger partial charge >= 0.3 is 0 Å². The number of nitro benzene ring substituents is 1. The third-order valence-corrected chi connectivity index (χ3v) is 3.76. The zero-order chi connectivity index (χ0) is 18.2. The van der Waals surface area contributed by atoms with Crippen LogP contribution in [0.15, 0.2) is 60.7 Å². The van der Waals surface area contributed by atoms with Gasteiger partial charge < -0.3 is 5.32 Å². The summed E-state index contributed by atoms with van der Waals surface area (Å²) < 4.78 is 0. The van der Waals surface area contributed by atoms with E-state index < -0.39 is 4.92 Å². The number of carbonyl (C=O) groups is 1. The number of carbonyl (C=O) groups excluding carboxylic acids is 1. The van der Waals surface area contributed by atoms with Gasteiger partial charge in [0.05, 0.1) is 11.0 Å². The van der Waals surface area contributed by atoms with E-state index in [1.807, 2.05) is 30.3 Å². The molecule has 2 rings (SSSR count). The Labute approximate surface area is 147 Å². The van der Waals surface area contributed by atoms with Gasteiger partial charge in [-0.25, -0.2) is 0 Å². The fourth-order valence-electron chi connectivity index (χ4n) is 2.53. The molecule has 2 aromatic rings. The predicted molar refractivity (Wildman–Crippen MR) is 98.9 cm³/mol. The number of benzene rings is 2. The van der Waals surface area contributed by atoms with Crippen LogP contribution in [-0.2, 0) is 4.79 Å². The second-order valence-electron chi connectivity index (χ2n) is 6.28. The summed E-state index contributed by atoms with van der Waals surface area (Å²) in [6.07, 6.45) is 3.95. The molecule has 1 N–H and O–H groups in total. The number of amides is 1. The molecule has 0 aliphatic rings. The number of rotatable bonds is 7. The molecule has 0 fully saturated rings. The third-order valence-electron chi connectivity index (χ3n) is 3.76. The summed E-state index contributed by atoms with van der Waals surface area (Å²) in [4.78, 5) is 22.4. The monoisotopic (exact) mass is 338 g/mol. The first-order chi connectivity index (χ1) is 12.0. The largest absolute Gasteiger partial charge is 0.346 e. The number of nitro groups is 1. The maximum absolute atomic E-state index is 12.3. The minimum absolute atomic E-state index is 0.0303. The van der Waals surface area contributed by atoms with Crippen LogP contribution in [-0.4, -0.2) is 10.8 Å². The van der Waals surface area contributed by atoms with Gasteiger partial charge in [0.2, 0.25) is 5.91 Å². The minimum Gasteiger partial charge on any atom is -0.346 e. The highest BCUT2D eigenvalue weighted by atomic mass is 16.6. The lowest BCUT2D eigenvalue weighted by Crippen LogP contribution is -2.27. The summed E-state index contributed by atoms with van der Waals surface area (Å²) in [5, 5.41) is 13.7. The van der Waals surface area contributed by atoms with Crippen molar-refractivity contribution in [1.82, 2.24) is 5.32 Å². The van der Waals surface area contributed by atoms with E-state index in [0.29, 0.717) is 5.92 Å². The molecule has 0 spiro atoms. The molecule has 0 unspecified atom stereocenters. The molecular weight excluding hydrogens is 316 g/mol. The Hall–Kier alpha value is -2.95. The Morgan fingerprint density at radius 1 is 1.12 bits per heavy atom. The molecule has 1 atom stereocenters. The normalized spacial score (nSPS) is 12.3. The maximum atomic E-state index is 12.3. The first-order valence-electron chi connectivity index (χ1n) is 8.23. The lowest BCUT2D eigenvalue weighted by molar-refractivity contribution is -0.384. The van der Waals surface area contributed by atoms with Gasteiger partial charge in [-0.3, -0.25) is 14.9 Å². The van der Waals surface area contributed by atoms with E-state index in [-0.39, 0.29) is 17.6 Å². The molecule has 0 bridgehead atoms. The zero-order valence-corrected chi connectivity index (χ0v) is 14.4. The minimum atomic E-state index is -0.448. The number of nitrogens with zero attached hydrogens (tertiary/aromatic N) is 1. The smallest absolute Gasteiger partial charge is 0.269 e. The molecule has 130 valence electrons. The van der Waals surface area contributed by atoms with Gasteiger partial charge in [-0.2, -0.15) is 0 Å². The highest BCUT2D eigenvalue weighted by Crippen LogP contribution is 2.21. The van der Waals surface area contributed by atoms with Crippen LogP contribution in [0.1, 0.15) is 37.4 Å². The molecule has 0 aliphatic heterocycles. The van der Waals surface area contributed by atoms with Gasteiger partial charge in [0.25, 0.3) is 5.69 Å². The van der Waals surface area contributed by atoms with Crippen LogP contribution in [0.2, 0.25) is 0 Å². The zero-order valence-electron chi connectivity index (χ0n) is 14.4. The number of non-ortho nitro benzene ring substituents is 1. The van der Waals surface area contributed by atoms with E-state index >= 15 is 0 Å². The second-order valence-corrected chi connectivity index (χ2v) is 6.28. The van der Waals surface area contributed by atoms with E-state index in [0.717, 1.165) is 17.5 Å². The standard InChI is InChI=1S/C20H22N2O3/c1-15(2)14-19(17-6-4-3-5-7-17)21-20(23)13-10-16-8-11-18(12-9-16)22(24)25/h3-13,15,19H,14H2,1-2H3,(H,21,23)/b13-10+/t19-/m0/s1. The average Bonchev–Trinajstić information content (AvgIpc) is 2.60. The van der Waals surface area contributed by atoms with Crippen LogP contribution in [0.25, 0.3) is 6.08 Å². The van der Waals surface area contributed by atoms with Crippen molar-refractivity contribution >= 4 is 17.7 Å². The lowest BCUT2D eigenvalue weighted by Gasteiger charge is -2.20. The van der Waals surface area contributed by atoms with Crippen LogP contribution >= 0.6 is 0 Å². The summed E-state index contributed by atoms with van der Waals surface area (Å²) >= 11 is 0. The molecule has 5 nitrogen and oxygen atoms in total. The Balaban J connectivity index is 2.04. The van der Waals surface area contributed by atoms with E-state index in [9.17, 15) is 14.9 Å². The molecule has 0 saturated carbocycles. The van der Waals surface area contributed by atoms with Crippen molar-refractivity contribution in [2.24, 2.45) is 5.92 Å². The molecule has 1 amide bonds. The molecule has 0 aliphatic carbocycles. The van der Waals surface area contributed by atoms with E-state index in [1.165, 1.54) is 18.2 Å². The van der Waals surface area contributed by atoms with Gasteiger partial charge in [-0.15, -0.1) is 0 Å². The molecule has 5 heteroatoms. The van der Waals surface area contributed by atoms with Crippen molar-refractivity contribution in [2.75, 3.05) is 0 Å². The fourth-order valence-corrected chi connectivity index (χ4v) is 2.53. The fraction of sp³-hybridized carbons (Fsp3) is 0.250. The number of hydrogen-bond donors (Lipinski definition) is 1. The Kier molecular flexibility index (Phi) is 6.46. The van der Waals surface area contributed by atoms with Gasteiger partial charge in [0.15, 0.2) is 0 Å². The van der Waals surface area contributed by atoms with E-state index in [4.69, 9.17) is 0 Å². The maximum Gasteiger partial charge on any atom is 0.269 e. The average molecular weight is 338 g/mol. The van der Waals surface area contributed by atoms with Gasteiger partial charge in [-0.05, 0) is 41.7 Å². The molecule has 0 saturated heterocycles. The molecule has 25 heavy (non-hydrogen) atoms.